The van der Waals surface area contributed by atoms with Crippen LogP contribution in [0.5, 0.6) is 0 Å². The van der Waals surface area contributed by atoms with E-state index in [0.29, 0.717) is 29.7 Å². The Morgan fingerprint density at radius 1 is 0.897 bits per heavy atom. The smallest absolute Gasteiger partial charge is 0.254 e. The molecule has 1 fully saturated rings. The van der Waals surface area contributed by atoms with E-state index in [1.54, 1.807) is 12.3 Å². The summed E-state index contributed by atoms with van der Waals surface area (Å²) < 4.78 is 0. The molecule has 1 N–H and O–H groups in total. The average molecular weight is 525 g/mol. The van der Waals surface area contributed by atoms with Crippen molar-refractivity contribution in [3.63, 3.8) is 0 Å². The summed E-state index contributed by atoms with van der Waals surface area (Å²) in [4.78, 5) is 35.8. The van der Waals surface area contributed by atoms with Crippen molar-refractivity contribution in [3.05, 3.63) is 102 Å². The van der Waals surface area contributed by atoms with Gasteiger partial charge in [0, 0.05) is 43.7 Å². The number of hydrogen-bond acceptors (Lipinski definition) is 4. The predicted molar refractivity (Wildman–Crippen MR) is 161 cm³/mol. The van der Waals surface area contributed by atoms with E-state index < -0.39 is 0 Å². The summed E-state index contributed by atoms with van der Waals surface area (Å²) >= 11 is 0. The second-order valence-electron chi connectivity index (χ2n) is 9.81. The molecule has 0 bridgehead atoms. The molecule has 1 saturated heterocycles. The summed E-state index contributed by atoms with van der Waals surface area (Å²) in [6.07, 6.45) is 3.48. The van der Waals surface area contributed by atoms with Crippen molar-refractivity contribution in [1.82, 2.24) is 20.1 Å². The van der Waals surface area contributed by atoms with Crippen molar-refractivity contribution in [2.45, 2.75) is 38.8 Å². The van der Waals surface area contributed by atoms with Gasteiger partial charge in [0.25, 0.3) is 11.8 Å². The van der Waals surface area contributed by atoms with Gasteiger partial charge in [-0.25, -0.2) is 0 Å². The van der Waals surface area contributed by atoms with E-state index in [2.05, 4.69) is 29.3 Å². The number of piperidine rings is 1. The summed E-state index contributed by atoms with van der Waals surface area (Å²) in [5, 5.41) is 4.03. The predicted octanol–water partition coefficient (Wildman–Crippen LogP) is 6.14. The second kappa shape index (κ2) is 13.2. The lowest BCUT2D eigenvalue weighted by molar-refractivity contribution is 0.0470. The third kappa shape index (κ3) is 6.35. The van der Waals surface area contributed by atoms with Crippen LogP contribution in [0.1, 0.15) is 48.8 Å². The molecular weight excluding hydrogens is 484 g/mol. The van der Waals surface area contributed by atoms with Gasteiger partial charge in [-0.05, 0) is 56.3 Å². The highest BCUT2D eigenvalue weighted by molar-refractivity contribution is 6.05. The number of benzene rings is 3. The van der Waals surface area contributed by atoms with E-state index in [1.165, 1.54) is 0 Å². The Balaban J connectivity index is 0.00000144. The minimum atomic E-state index is -0.170. The summed E-state index contributed by atoms with van der Waals surface area (Å²) in [5.41, 5.74) is 3.85. The van der Waals surface area contributed by atoms with Gasteiger partial charge in [0.05, 0.1) is 11.1 Å². The molecule has 2 unspecified atom stereocenters. The third-order valence-electron chi connectivity index (χ3n) is 7.29. The van der Waals surface area contributed by atoms with E-state index in [4.69, 9.17) is 0 Å². The minimum absolute atomic E-state index is 0. The van der Waals surface area contributed by atoms with Gasteiger partial charge in [-0.15, -0.1) is 0 Å². The van der Waals surface area contributed by atoms with Crippen LogP contribution in [0.25, 0.3) is 22.0 Å². The van der Waals surface area contributed by atoms with E-state index in [1.807, 2.05) is 97.6 Å². The first-order chi connectivity index (χ1) is 19.0. The number of carbonyl (C=O) groups excluding carboxylic acids is 2. The molecule has 0 radical (unpaired) electrons. The lowest BCUT2D eigenvalue weighted by Crippen LogP contribution is -2.55. The Morgan fingerprint density at radius 3 is 2.36 bits per heavy atom. The van der Waals surface area contributed by atoms with Crippen LogP contribution >= 0.6 is 0 Å². The highest BCUT2D eigenvalue weighted by atomic mass is 16.2. The molecule has 1 aliphatic rings. The van der Waals surface area contributed by atoms with Gasteiger partial charge in [0.15, 0.2) is 0 Å². The van der Waals surface area contributed by atoms with Crippen molar-refractivity contribution in [1.29, 1.82) is 0 Å². The van der Waals surface area contributed by atoms with E-state index in [0.717, 1.165) is 29.4 Å². The zero-order valence-corrected chi connectivity index (χ0v) is 23.3. The molecule has 5 rings (SSSR count). The van der Waals surface area contributed by atoms with Crippen molar-refractivity contribution in [2.24, 2.45) is 0 Å². The third-order valence-corrected chi connectivity index (χ3v) is 7.29. The van der Waals surface area contributed by atoms with E-state index in [9.17, 15) is 9.59 Å². The normalized spacial score (nSPS) is 16.9. The Bertz CT molecular complexity index is 1400. The number of nitrogens with one attached hydrogen (secondary N) is 1. The maximum atomic E-state index is 14.0. The monoisotopic (exact) mass is 524 g/mol. The molecule has 0 saturated carbocycles. The van der Waals surface area contributed by atoms with Crippen LogP contribution in [-0.4, -0.2) is 65.9 Å². The van der Waals surface area contributed by atoms with Crippen LogP contribution < -0.4 is 5.32 Å². The Morgan fingerprint density at radius 2 is 1.59 bits per heavy atom. The Labute approximate surface area is 233 Å². The van der Waals surface area contributed by atoms with Crippen LogP contribution in [0.15, 0.2) is 91.1 Å². The molecule has 1 aromatic heterocycles. The highest BCUT2D eigenvalue weighted by Crippen LogP contribution is 2.28. The van der Waals surface area contributed by atoms with Crippen LogP contribution in [-0.2, 0) is 0 Å². The molecule has 0 spiro atoms. The molecule has 2 amide bonds. The molecule has 3 aromatic carbocycles. The summed E-state index contributed by atoms with van der Waals surface area (Å²) in [6, 6.07) is 27.4. The molecule has 4 aromatic rings. The first-order valence-corrected chi connectivity index (χ1v) is 13.8. The van der Waals surface area contributed by atoms with Gasteiger partial charge in [-0.1, -0.05) is 80.6 Å². The number of fused-ring (bicyclic) bond motifs is 1. The SMILES string of the molecule is CC.CN(C)C1CCC(CNC(=O)c2cccc3cccnc23)N(C(=O)c2ccccc2-c2ccccc2)C1.[HH]. The van der Waals surface area contributed by atoms with Crippen molar-refractivity contribution < 1.29 is 11.0 Å². The van der Waals surface area contributed by atoms with Gasteiger partial charge >= 0.3 is 0 Å². The highest BCUT2D eigenvalue weighted by Gasteiger charge is 2.34. The van der Waals surface area contributed by atoms with Crippen LogP contribution in [0.4, 0.5) is 0 Å². The molecule has 6 heteroatoms. The fraction of sp³-hybridized carbons (Fsp3) is 0.303. The number of amides is 2. The van der Waals surface area contributed by atoms with Gasteiger partial charge in [0.2, 0.25) is 0 Å². The molecule has 2 atom stereocenters. The quantitative estimate of drug-likeness (QED) is 0.329. The zero-order valence-electron chi connectivity index (χ0n) is 23.3. The lowest BCUT2D eigenvalue weighted by atomic mass is 9.94. The maximum absolute atomic E-state index is 14.0. The first-order valence-electron chi connectivity index (χ1n) is 13.8. The topological polar surface area (TPSA) is 65.5 Å². The Hall–Kier alpha value is -4.03. The number of hydrogen-bond donors (Lipinski definition) is 1. The van der Waals surface area contributed by atoms with E-state index in [-0.39, 0.29) is 25.3 Å². The van der Waals surface area contributed by atoms with E-state index >= 15 is 0 Å². The molecule has 0 aliphatic carbocycles. The molecular formula is C33H40N4O2. The molecule has 39 heavy (non-hydrogen) atoms. The number of aromatic nitrogens is 1. The number of likely N-dealkylation sites (N-methyl/N-ethyl adjacent to an activating group) is 1. The largest absolute Gasteiger partial charge is 0.350 e. The van der Waals surface area contributed by atoms with Crippen LogP contribution in [0.2, 0.25) is 0 Å². The number of likely N-dealkylation sites (tertiary alicyclic amines) is 1. The number of rotatable bonds is 6. The number of nitrogens with zero attached hydrogens (tertiary/aromatic N) is 3. The summed E-state index contributed by atoms with van der Waals surface area (Å²) in [6.45, 7) is 5.01. The standard InChI is InChI=1S/C31H32N4O2.C2H6.H2/c1-34(2)25-18-17-24(20-33-30(36)28-16-8-12-23-13-9-19-32-29(23)28)35(21-25)31(37)27-15-7-6-14-26(27)22-10-4-3-5-11-22;1-2;/h3-16,19,24-25H,17-18,20-21H2,1-2H3,(H,33,36);1-2H3;1H. The van der Waals surface area contributed by atoms with Crippen molar-refractivity contribution in [3.8, 4) is 11.1 Å². The second-order valence-corrected chi connectivity index (χ2v) is 9.81. The van der Waals surface area contributed by atoms with Gasteiger partial charge in [0.1, 0.15) is 0 Å². The van der Waals surface area contributed by atoms with Gasteiger partial charge in [-0.2, -0.15) is 0 Å². The maximum Gasteiger partial charge on any atom is 0.254 e. The number of carbonyl (C=O) groups is 2. The van der Waals surface area contributed by atoms with Gasteiger partial charge < -0.3 is 15.1 Å². The fourth-order valence-corrected chi connectivity index (χ4v) is 5.18. The van der Waals surface area contributed by atoms with Crippen molar-refractivity contribution in [2.75, 3.05) is 27.2 Å². The lowest BCUT2D eigenvalue weighted by Gasteiger charge is -2.42. The summed E-state index contributed by atoms with van der Waals surface area (Å²) in [7, 11) is 4.11. The van der Waals surface area contributed by atoms with Crippen LogP contribution in [0, 0.1) is 0 Å². The minimum Gasteiger partial charge on any atom is -0.350 e. The zero-order chi connectivity index (χ0) is 27.8. The fourth-order valence-electron chi connectivity index (χ4n) is 5.18. The molecule has 204 valence electrons. The van der Waals surface area contributed by atoms with Crippen molar-refractivity contribution >= 4 is 22.7 Å². The van der Waals surface area contributed by atoms with Crippen LogP contribution in [0.3, 0.4) is 0 Å². The molecule has 1 aliphatic heterocycles. The molecule has 6 nitrogen and oxygen atoms in total. The van der Waals surface area contributed by atoms with Gasteiger partial charge in [-0.3, -0.25) is 14.6 Å². The number of pyridine rings is 1. The summed E-state index contributed by atoms with van der Waals surface area (Å²) in [5.74, 6) is -0.173. The Kier molecular flexibility index (Phi) is 9.45. The first kappa shape index (κ1) is 28.0. The number of para-hydroxylation sites is 1. The average Bonchev–Trinajstić information content (AvgIpc) is 3.00. The molecule has 2 heterocycles.